The Hall–Kier alpha value is -1.36. The van der Waals surface area contributed by atoms with E-state index in [0.29, 0.717) is 11.7 Å². The second-order valence-corrected chi connectivity index (χ2v) is 5.53. The van der Waals surface area contributed by atoms with E-state index in [2.05, 4.69) is 36.0 Å². The lowest BCUT2D eigenvalue weighted by molar-refractivity contribution is 0.344. The van der Waals surface area contributed by atoms with Gasteiger partial charge in [-0.2, -0.15) is 0 Å². The first-order chi connectivity index (χ1) is 8.95. The molecule has 1 N–H and O–H groups in total. The molecule has 0 saturated heterocycles. The molecule has 0 spiro atoms. The van der Waals surface area contributed by atoms with Crippen molar-refractivity contribution in [2.24, 2.45) is 5.92 Å². The molecule has 1 heterocycles. The Kier molecular flexibility index (Phi) is 6.02. The Morgan fingerprint density at radius 2 is 2.11 bits per heavy atom. The second-order valence-electron chi connectivity index (χ2n) is 5.53. The van der Waals surface area contributed by atoms with E-state index in [1.165, 1.54) is 0 Å². The van der Waals surface area contributed by atoms with Crippen molar-refractivity contribution in [3.8, 4) is 0 Å². The van der Waals surface area contributed by atoms with Gasteiger partial charge in [-0.3, -0.25) is 4.79 Å². The van der Waals surface area contributed by atoms with Gasteiger partial charge in [0.1, 0.15) is 0 Å². The van der Waals surface area contributed by atoms with Crippen LogP contribution < -0.4 is 10.9 Å². The maximum absolute atomic E-state index is 12.2. The summed E-state index contributed by atoms with van der Waals surface area (Å²) >= 11 is 0. The van der Waals surface area contributed by atoms with Crippen molar-refractivity contribution in [3.63, 3.8) is 0 Å². The smallest absolute Gasteiger partial charge is 0.293 e. The summed E-state index contributed by atoms with van der Waals surface area (Å²) in [5.41, 5.74) is -0.0336. The molecule has 0 radical (unpaired) electrons. The fourth-order valence-electron chi connectivity index (χ4n) is 1.96. The highest BCUT2D eigenvalue weighted by Crippen LogP contribution is 2.08. The molecule has 0 bridgehead atoms. The highest BCUT2D eigenvalue weighted by molar-refractivity contribution is 5.32. The zero-order valence-corrected chi connectivity index (χ0v) is 12.7. The lowest BCUT2D eigenvalue weighted by atomic mass is 10.0. The molecule has 1 atom stereocenters. The third kappa shape index (κ3) is 4.67. The molecule has 5 nitrogen and oxygen atoms in total. The van der Waals surface area contributed by atoms with Gasteiger partial charge < -0.3 is 14.8 Å². The lowest BCUT2D eigenvalue weighted by Crippen LogP contribution is -2.39. The van der Waals surface area contributed by atoms with E-state index >= 15 is 0 Å². The number of nitrogens with one attached hydrogen (secondary N) is 1. The number of anilines is 1. The Morgan fingerprint density at radius 3 is 2.63 bits per heavy atom. The summed E-state index contributed by atoms with van der Waals surface area (Å²) in [6, 6.07) is 0.215. The van der Waals surface area contributed by atoms with Gasteiger partial charge in [0, 0.05) is 31.5 Å². The summed E-state index contributed by atoms with van der Waals surface area (Å²) in [7, 11) is 4.07. The second kappa shape index (κ2) is 7.28. The molecule has 19 heavy (non-hydrogen) atoms. The number of likely N-dealkylation sites (N-methyl/N-ethyl adjacent to an activating group) is 1. The number of rotatable bonds is 7. The first-order valence-electron chi connectivity index (χ1n) is 6.92. The van der Waals surface area contributed by atoms with Gasteiger partial charge in [0.05, 0.1) is 0 Å². The van der Waals surface area contributed by atoms with Gasteiger partial charge in [0.15, 0.2) is 5.82 Å². The van der Waals surface area contributed by atoms with Gasteiger partial charge in [0.2, 0.25) is 0 Å². The SMILES string of the molecule is CCCn1ccnc(NC(CN(C)C)C(C)C)c1=O. The van der Waals surface area contributed by atoms with Gasteiger partial charge >= 0.3 is 0 Å². The zero-order chi connectivity index (χ0) is 14.4. The normalized spacial score (nSPS) is 13.0. The minimum atomic E-state index is -0.0336. The molecular formula is C14H26N4O. The number of nitrogens with zero attached hydrogens (tertiary/aromatic N) is 3. The van der Waals surface area contributed by atoms with Crippen LogP contribution in [0.4, 0.5) is 5.82 Å². The Bertz CT molecular complexity index is 439. The first-order valence-corrected chi connectivity index (χ1v) is 6.92. The third-order valence-corrected chi connectivity index (χ3v) is 3.07. The molecule has 0 aliphatic rings. The van der Waals surface area contributed by atoms with Crippen LogP contribution in [-0.2, 0) is 6.54 Å². The topological polar surface area (TPSA) is 50.2 Å². The van der Waals surface area contributed by atoms with E-state index in [-0.39, 0.29) is 11.6 Å². The van der Waals surface area contributed by atoms with Crippen molar-refractivity contribution in [1.82, 2.24) is 14.5 Å². The Labute approximate surface area is 115 Å². The van der Waals surface area contributed by atoms with Crippen LogP contribution in [0.1, 0.15) is 27.2 Å². The van der Waals surface area contributed by atoms with Crippen molar-refractivity contribution >= 4 is 5.82 Å². The van der Waals surface area contributed by atoms with E-state index in [4.69, 9.17) is 0 Å². The third-order valence-electron chi connectivity index (χ3n) is 3.07. The predicted molar refractivity (Wildman–Crippen MR) is 79.6 cm³/mol. The van der Waals surface area contributed by atoms with Crippen molar-refractivity contribution in [3.05, 3.63) is 22.7 Å². The summed E-state index contributed by atoms with van der Waals surface area (Å²) in [6.45, 7) is 7.96. The van der Waals surface area contributed by atoms with Crippen LogP contribution in [0.5, 0.6) is 0 Å². The Morgan fingerprint density at radius 1 is 1.42 bits per heavy atom. The quantitative estimate of drug-likeness (QED) is 0.815. The van der Waals surface area contributed by atoms with E-state index < -0.39 is 0 Å². The number of hydrogen-bond acceptors (Lipinski definition) is 4. The fourth-order valence-corrected chi connectivity index (χ4v) is 1.96. The first kappa shape index (κ1) is 15.7. The molecule has 0 saturated carbocycles. The molecule has 0 fully saturated rings. The lowest BCUT2D eigenvalue weighted by Gasteiger charge is -2.25. The maximum Gasteiger partial charge on any atom is 0.293 e. The summed E-state index contributed by atoms with van der Waals surface area (Å²) in [5.74, 6) is 0.889. The summed E-state index contributed by atoms with van der Waals surface area (Å²) < 4.78 is 1.71. The standard InChI is InChI=1S/C14H26N4O/c1-6-8-18-9-7-15-13(14(18)19)16-12(11(2)3)10-17(4)5/h7,9,11-12H,6,8,10H2,1-5H3,(H,15,16). The molecule has 1 rings (SSSR count). The maximum atomic E-state index is 12.2. The van der Waals surface area contributed by atoms with Crippen molar-refractivity contribution in [1.29, 1.82) is 0 Å². The monoisotopic (exact) mass is 266 g/mol. The molecular weight excluding hydrogens is 240 g/mol. The molecule has 0 aliphatic carbocycles. The molecule has 1 aromatic heterocycles. The van der Waals surface area contributed by atoms with Gasteiger partial charge in [-0.05, 0) is 26.4 Å². The molecule has 108 valence electrons. The minimum absolute atomic E-state index is 0.0336. The van der Waals surface area contributed by atoms with Gasteiger partial charge in [-0.15, -0.1) is 0 Å². The van der Waals surface area contributed by atoms with E-state index in [9.17, 15) is 4.79 Å². The van der Waals surface area contributed by atoms with Crippen LogP contribution in [0.15, 0.2) is 17.2 Å². The highest BCUT2D eigenvalue weighted by Gasteiger charge is 2.16. The average molecular weight is 266 g/mol. The van der Waals surface area contributed by atoms with Crippen LogP contribution >= 0.6 is 0 Å². The van der Waals surface area contributed by atoms with Crippen LogP contribution in [0, 0.1) is 5.92 Å². The van der Waals surface area contributed by atoms with E-state index in [1.54, 1.807) is 17.0 Å². The van der Waals surface area contributed by atoms with Crippen molar-refractivity contribution < 1.29 is 0 Å². The number of aromatic nitrogens is 2. The van der Waals surface area contributed by atoms with Crippen molar-refractivity contribution in [2.75, 3.05) is 26.0 Å². The Balaban J connectivity index is 2.90. The van der Waals surface area contributed by atoms with E-state index in [0.717, 1.165) is 19.5 Å². The summed E-state index contributed by atoms with van der Waals surface area (Å²) in [5, 5.41) is 3.29. The largest absolute Gasteiger partial charge is 0.361 e. The molecule has 1 unspecified atom stereocenters. The van der Waals surface area contributed by atoms with Crippen LogP contribution in [0.3, 0.4) is 0 Å². The highest BCUT2D eigenvalue weighted by atomic mass is 16.1. The van der Waals surface area contributed by atoms with Gasteiger partial charge in [0.25, 0.3) is 5.56 Å². The molecule has 5 heteroatoms. The number of hydrogen-bond donors (Lipinski definition) is 1. The average Bonchev–Trinajstić information content (AvgIpc) is 2.32. The number of aryl methyl sites for hydroxylation is 1. The molecule has 0 amide bonds. The summed E-state index contributed by atoms with van der Waals surface area (Å²) in [6.07, 6.45) is 4.37. The molecule has 0 aliphatic heterocycles. The molecule has 0 aromatic carbocycles. The van der Waals surface area contributed by atoms with E-state index in [1.807, 2.05) is 14.1 Å². The predicted octanol–water partition coefficient (Wildman–Crippen LogP) is 1.65. The zero-order valence-electron chi connectivity index (χ0n) is 12.7. The fraction of sp³-hybridized carbons (Fsp3) is 0.714. The van der Waals surface area contributed by atoms with Crippen LogP contribution in [-0.4, -0.2) is 41.1 Å². The molecule has 1 aromatic rings. The summed E-state index contributed by atoms with van der Waals surface area (Å²) in [4.78, 5) is 18.5. The minimum Gasteiger partial charge on any atom is -0.361 e. The van der Waals surface area contributed by atoms with Crippen LogP contribution in [0.25, 0.3) is 0 Å². The van der Waals surface area contributed by atoms with Crippen LogP contribution in [0.2, 0.25) is 0 Å². The van der Waals surface area contributed by atoms with Crippen molar-refractivity contribution in [2.45, 2.75) is 39.8 Å². The van der Waals surface area contributed by atoms with Gasteiger partial charge in [-0.25, -0.2) is 4.98 Å². The van der Waals surface area contributed by atoms with Gasteiger partial charge in [-0.1, -0.05) is 20.8 Å².